The molecular formula is C8H8F3NO2. The molecule has 0 aliphatic rings. The van der Waals surface area contributed by atoms with Crippen LogP contribution >= 0.6 is 0 Å². The fraction of sp³-hybridized carbons (Fsp3) is 0.375. The highest BCUT2D eigenvalue weighted by molar-refractivity contribution is 5.38. The summed E-state index contributed by atoms with van der Waals surface area (Å²) in [4.78, 5) is 3.57. The lowest BCUT2D eigenvalue weighted by molar-refractivity contribution is -0.138. The van der Waals surface area contributed by atoms with Gasteiger partial charge in [-0.2, -0.15) is 13.2 Å². The number of aliphatic hydroxyl groups excluding tert-OH is 1. The first-order chi connectivity index (χ1) is 6.50. The maximum atomic E-state index is 12.4. The Bertz CT molecular complexity index is 325. The number of hydrogen-bond donors (Lipinski definition) is 1. The minimum atomic E-state index is -4.50. The van der Waals surface area contributed by atoms with Crippen molar-refractivity contribution in [2.75, 3.05) is 7.11 Å². The third kappa shape index (κ3) is 1.95. The molecule has 0 atom stereocenters. The number of ether oxygens (including phenoxy) is 1. The van der Waals surface area contributed by atoms with Crippen molar-refractivity contribution >= 4 is 0 Å². The predicted octanol–water partition coefficient (Wildman–Crippen LogP) is 1.60. The highest BCUT2D eigenvalue weighted by Crippen LogP contribution is 2.37. The molecule has 0 fully saturated rings. The van der Waals surface area contributed by atoms with Crippen molar-refractivity contribution in [3.8, 4) is 5.75 Å². The lowest BCUT2D eigenvalue weighted by atomic mass is 10.2. The molecule has 14 heavy (non-hydrogen) atoms. The van der Waals surface area contributed by atoms with Crippen LogP contribution in [0.5, 0.6) is 5.75 Å². The molecule has 1 aromatic rings. The molecule has 3 nitrogen and oxygen atoms in total. The average molecular weight is 207 g/mol. The van der Waals surface area contributed by atoms with Crippen LogP contribution in [0.4, 0.5) is 13.2 Å². The summed E-state index contributed by atoms with van der Waals surface area (Å²) >= 11 is 0. The van der Waals surface area contributed by atoms with E-state index in [-0.39, 0.29) is 5.69 Å². The molecular weight excluding hydrogens is 199 g/mol. The SMILES string of the molecule is COc1c(C(F)(F)F)ccnc1CO. The van der Waals surface area contributed by atoms with Gasteiger partial charge in [0.15, 0.2) is 5.75 Å². The molecule has 0 unspecified atom stereocenters. The van der Waals surface area contributed by atoms with E-state index in [0.717, 1.165) is 19.4 Å². The van der Waals surface area contributed by atoms with Crippen molar-refractivity contribution < 1.29 is 23.0 Å². The number of pyridine rings is 1. The van der Waals surface area contributed by atoms with Crippen LogP contribution in [0.3, 0.4) is 0 Å². The molecule has 0 spiro atoms. The first-order valence-corrected chi connectivity index (χ1v) is 3.70. The number of methoxy groups -OCH3 is 1. The third-order valence-electron chi connectivity index (χ3n) is 1.64. The molecule has 1 N–H and O–H groups in total. The molecule has 0 aromatic carbocycles. The highest BCUT2D eigenvalue weighted by Gasteiger charge is 2.35. The summed E-state index contributed by atoms with van der Waals surface area (Å²) in [5.74, 6) is -0.428. The topological polar surface area (TPSA) is 42.4 Å². The fourth-order valence-electron chi connectivity index (χ4n) is 1.06. The zero-order chi connectivity index (χ0) is 10.8. The van der Waals surface area contributed by atoms with Crippen molar-refractivity contribution in [3.63, 3.8) is 0 Å². The van der Waals surface area contributed by atoms with E-state index < -0.39 is 24.1 Å². The van der Waals surface area contributed by atoms with E-state index in [4.69, 9.17) is 5.11 Å². The van der Waals surface area contributed by atoms with Crippen LogP contribution < -0.4 is 4.74 Å². The Morgan fingerprint density at radius 2 is 2.14 bits per heavy atom. The largest absolute Gasteiger partial charge is 0.494 e. The van der Waals surface area contributed by atoms with E-state index in [0.29, 0.717) is 0 Å². The number of alkyl halides is 3. The van der Waals surface area contributed by atoms with E-state index >= 15 is 0 Å². The Labute approximate surface area is 78.2 Å². The first kappa shape index (κ1) is 10.8. The fourth-order valence-corrected chi connectivity index (χ4v) is 1.06. The Kier molecular flexibility index (Phi) is 2.95. The number of nitrogens with zero attached hydrogens (tertiary/aromatic N) is 1. The van der Waals surface area contributed by atoms with E-state index in [1.54, 1.807) is 0 Å². The van der Waals surface area contributed by atoms with Gasteiger partial charge in [0, 0.05) is 6.20 Å². The third-order valence-corrected chi connectivity index (χ3v) is 1.64. The highest BCUT2D eigenvalue weighted by atomic mass is 19.4. The molecule has 0 aliphatic heterocycles. The number of halogens is 3. The van der Waals surface area contributed by atoms with Crippen LogP contribution in [0, 0.1) is 0 Å². The molecule has 0 radical (unpaired) electrons. The van der Waals surface area contributed by atoms with Gasteiger partial charge in [0.05, 0.1) is 13.7 Å². The second-order valence-electron chi connectivity index (χ2n) is 2.49. The van der Waals surface area contributed by atoms with Gasteiger partial charge in [-0.3, -0.25) is 4.98 Å². The molecule has 1 heterocycles. The van der Waals surface area contributed by atoms with Gasteiger partial charge in [-0.25, -0.2) is 0 Å². The van der Waals surface area contributed by atoms with Crippen LogP contribution in [0.2, 0.25) is 0 Å². The molecule has 0 saturated heterocycles. The smallest absolute Gasteiger partial charge is 0.420 e. The van der Waals surface area contributed by atoms with E-state index in [1.807, 2.05) is 0 Å². The molecule has 0 amide bonds. The first-order valence-electron chi connectivity index (χ1n) is 3.70. The van der Waals surface area contributed by atoms with Gasteiger partial charge in [0.2, 0.25) is 0 Å². The van der Waals surface area contributed by atoms with Gasteiger partial charge in [0.25, 0.3) is 0 Å². The molecule has 0 saturated carbocycles. The summed E-state index contributed by atoms with van der Waals surface area (Å²) in [6.07, 6.45) is -3.52. The van der Waals surface area contributed by atoms with E-state index in [9.17, 15) is 13.2 Å². The number of rotatable bonds is 2. The molecule has 0 bridgehead atoms. The summed E-state index contributed by atoms with van der Waals surface area (Å²) in [7, 11) is 1.10. The second kappa shape index (κ2) is 3.83. The van der Waals surface area contributed by atoms with Gasteiger partial charge in [0.1, 0.15) is 11.3 Å². The number of hydrogen-bond acceptors (Lipinski definition) is 3. The average Bonchev–Trinajstić information content (AvgIpc) is 2.15. The minimum absolute atomic E-state index is 0.123. The predicted molar refractivity (Wildman–Crippen MR) is 41.7 cm³/mol. The van der Waals surface area contributed by atoms with Crippen molar-refractivity contribution in [2.24, 2.45) is 0 Å². The second-order valence-corrected chi connectivity index (χ2v) is 2.49. The lowest BCUT2D eigenvalue weighted by Gasteiger charge is -2.13. The minimum Gasteiger partial charge on any atom is -0.494 e. The monoisotopic (exact) mass is 207 g/mol. The van der Waals surface area contributed by atoms with Crippen LogP contribution in [0.15, 0.2) is 12.3 Å². The molecule has 6 heteroatoms. The standard InChI is InChI=1S/C8H8F3NO2/c1-14-7-5(8(9,10)11)2-3-12-6(7)4-13/h2-3,13H,4H2,1H3. The summed E-state index contributed by atoms with van der Waals surface area (Å²) < 4.78 is 41.6. The van der Waals surface area contributed by atoms with Gasteiger partial charge in [-0.15, -0.1) is 0 Å². The van der Waals surface area contributed by atoms with Crippen LogP contribution in [-0.4, -0.2) is 17.2 Å². The van der Waals surface area contributed by atoms with Crippen molar-refractivity contribution in [3.05, 3.63) is 23.5 Å². The zero-order valence-electron chi connectivity index (χ0n) is 7.30. The van der Waals surface area contributed by atoms with Gasteiger partial charge in [-0.1, -0.05) is 0 Å². The summed E-state index contributed by atoms with van der Waals surface area (Å²) in [5.41, 5.74) is -1.05. The van der Waals surface area contributed by atoms with Crippen LogP contribution in [0.1, 0.15) is 11.3 Å². The molecule has 1 aromatic heterocycles. The van der Waals surface area contributed by atoms with E-state index in [1.165, 1.54) is 0 Å². The molecule has 78 valence electrons. The maximum Gasteiger partial charge on any atom is 0.420 e. The van der Waals surface area contributed by atoms with Crippen molar-refractivity contribution in [1.29, 1.82) is 0 Å². The Balaban J connectivity index is 3.29. The molecule has 0 aliphatic carbocycles. The van der Waals surface area contributed by atoms with Crippen LogP contribution in [-0.2, 0) is 12.8 Å². The summed E-state index contributed by atoms with van der Waals surface area (Å²) in [6, 6.07) is 0.804. The summed E-state index contributed by atoms with van der Waals surface area (Å²) in [5, 5.41) is 8.73. The normalized spacial score (nSPS) is 11.5. The quantitative estimate of drug-likeness (QED) is 0.800. The molecule has 1 rings (SSSR count). The lowest BCUT2D eigenvalue weighted by Crippen LogP contribution is -2.10. The van der Waals surface area contributed by atoms with Crippen molar-refractivity contribution in [1.82, 2.24) is 4.98 Å². The Morgan fingerprint density at radius 3 is 2.57 bits per heavy atom. The number of aliphatic hydroxyl groups is 1. The Hall–Kier alpha value is -1.30. The summed E-state index contributed by atoms with van der Waals surface area (Å²) in [6.45, 7) is -0.590. The number of aromatic nitrogens is 1. The maximum absolute atomic E-state index is 12.4. The van der Waals surface area contributed by atoms with Gasteiger partial charge >= 0.3 is 6.18 Å². The van der Waals surface area contributed by atoms with E-state index in [2.05, 4.69) is 9.72 Å². The van der Waals surface area contributed by atoms with Crippen LogP contribution in [0.25, 0.3) is 0 Å². The Morgan fingerprint density at radius 1 is 1.50 bits per heavy atom. The van der Waals surface area contributed by atoms with Gasteiger partial charge in [-0.05, 0) is 6.07 Å². The van der Waals surface area contributed by atoms with Crippen molar-refractivity contribution in [2.45, 2.75) is 12.8 Å². The van der Waals surface area contributed by atoms with Gasteiger partial charge < -0.3 is 9.84 Å². The zero-order valence-corrected chi connectivity index (χ0v) is 7.30.